The smallest absolute Gasteiger partial charge is 0.410 e. The Morgan fingerprint density at radius 1 is 1.19 bits per heavy atom. The summed E-state index contributed by atoms with van der Waals surface area (Å²) in [5, 5.41) is 12.9. The molecule has 10 nitrogen and oxygen atoms in total. The quantitative estimate of drug-likeness (QED) is 0.374. The van der Waals surface area contributed by atoms with Crippen LogP contribution in [0.5, 0.6) is 0 Å². The zero-order valence-electron chi connectivity index (χ0n) is 19.9. The molecule has 0 saturated carbocycles. The summed E-state index contributed by atoms with van der Waals surface area (Å²) >= 11 is 5.79. The van der Waals surface area contributed by atoms with Crippen LogP contribution in [0.1, 0.15) is 43.4 Å². The molecule has 15 heteroatoms. The molecule has 2 aliphatic heterocycles. The molecule has 3 atom stereocenters. The highest BCUT2D eigenvalue weighted by Gasteiger charge is 2.64. The number of rotatable bonds is 3. The minimum atomic E-state index is -3.28. The lowest BCUT2D eigenvalue weighted by atomic mass is 9.88. The summed E-state index contributed by atoms with van der Waals surface area (Å²) in [6.07, 6.45) is -1.10. The topological polar surface area (TPSA) is 149 Å². The van der Waals surface area contributed by atoms with Crippen molar-refractivity contribution < 1.29 is 32.4 Å². The van der Waals surface area contributed by atoms with Crippen LogP contribution in [0.25, 0.3) is 0 Å². The number of halogens is 4. The van der Waals surface area contributed by atoms with Gasteiger partial charge in [-0.05, 0) is 45.0 Å². The molecular formula is C22H24ClF3N6O4S. The number of amidine groups is 1. The number of carbonyl (C=O) groups is 2. The van der Waals surface area contributed by atoms with Crippen molar-refractivity contribution >= 4 is 45.7 Å². The normalized spacial score (nSPS) is 28.0. The molecule has 37 heavy (non-hydrogen) atoms. The number of carbonyl (C=O) groups excluding carboxylic acids is 1. The Bertz CT molecular complexity index is 1300. The first-order valence-corrected chi connectivity index (χ1v) is 13.0. The number of amides is 2. The van der Waals surface area contributed by atoms with E-state index < -0.39 is 68.4 Å². The van der Waals surface area contributed by atoms with E-state index in [0.717, 1.165) is 12.1 Å². The molecule has 2 aromatic rings. The molecular weight excluding hydrogens is 537 g/mol. The number of aromatic nitrogens is 2. The predicted molar refractivity (Wildman–Crippen MR) is 133 cm³/mol. The molecule has 0 aromatic carbocycles. The highest BCUT2D eigenvalue weighted by Crippen LogP contribution is 2.68. The van der Waals surface area contributed by atoms with Crippen LogP contribution in [0.15, 0.2) is 35.5 Å². The first-order valence-electron chi connectivity index (χ1n) is 11.0. The molecule has 0 aliphatic carbocycles. The lowest BCUT2D eigenvalue weighted by molar-refractivity contribution is -0.0148. The number of fused-ring (bicyclic) bond motifs is 1. The Morgan fingerprint density at radius 3 is 2.51 bits per heavy atom. The first kappa shape index (κ1) is 27.1. The summed E-state index contributed by atoms with van der Waals surface area (Å²) in [4.78, 5) is 36.6. The van der Waals surface area contributed by atoms with Crippen molar-refractivity contribution in [1.29, 1.82) is 0 Å². The average Bonchev–Trinajstić information content (AvgIpc) is 2.80. The van der Waals surface area contributed by atoms with E-state index in [1.807, 2.05) is 0 Å². The number of hydrogen-bond donors (Lipinski definition) is 5. The third-order valence-electron chi connectivity index (χ3n) is 6.52. The van der Waals surface area contributed by atoms with Crippen LogP contribution in [0.3, 0.4) is 0 Å². The second-order valence-electron chi connectivity index (χ2n) is 9.39. The van der Waals surface area contributed by atoms with E-state index in [9.17, 15) is 28.0 Å². The highest BCUT2D eigenvalue weighted by atomic mass is 35.5. The minimum Gasteiger partial charge on any atom is -0.465 e. The van der Waals surface area contributed by atoms with Gasteiger partial charge in [0.1, 0.15) is 34.4 Å². The molecule has 200 valence electrons. The van der Waals surface area contributed by atoms with Crippen LogP contribution in [0, 0.1) is 5.82 Å². The lowest BCUT2D eigenvalue weighted by Gasteiger charge is -2.62. The van der Waals surface area contributed by atoms with E-state index in [1.54, 1.807) is 0 Å². The summed E-state index contributed by atoms with van der Waals surface area (Å²) in [6, 6.07) is 4.94. The maximum Gasteiger partial charge on any atom is 0.410 e. The SMILES string of the molecule is CC1(C)C(NC(=O)O)=N[C@](C)(c2nc(NC(=O)c3ccc(Cl)cn3)ccc2F)[C@H]2CC(F)(F)CN[S@@]21O. The Kier molecular flexibility index (Phi) is 6.68. The summed E-state index contributed by atoms with van der Waals surface area (Å²) in [5.41, 5.74) is -2.41. The third kappa shape index (κ3) is 4.74. The number of nitrogens with zero attached hydrogens (tertiary/aromatic N) is 3. The number of carboxylic acid groups (broad SMARTS) is 1. The number of anilines is 1. The summed E-state index contributed by atoms with van der Waals surface area (Å²) in [6.45, 7) is 3.39. The van der Waals surface area contributed by atoms with Gasteiger partial charge in [0, 0.05) is 12.6 Å². The molecule has 4 heterocycles. The van der Waals surface area contributed by atoms with Crippen LogP contribution in [-0.2, 0) is 5.54 Å². The molecule has 0 unspecified atom stereocenters. The molecule has 0 bridgehead atoms. The van der Waals surface area contributed by atoms with Crippen molar-refractivity contribution in [3.05, 3.63) is 52.7 Å². The van der Waals surface area contributed by atoms with Crippen LogP contribution in [-0.4, -0.2) is 59.9 Å². The van der Waals surface area contributed by atoms with E-state index in [0.29, 0.717) is 5.02 Å². The average molecular weight is 561 g/mol. The second kappa shape index (κ2) is 9.11. The number of nitrogens with one attached hydrogen (secondary N) is 3. The van der Waals surface area contributed by atoms with Crippen LogP contribution < -0.4 is 15.4 Å². The van der Waals surface area contributed by atoms with Crippen LogP contribution in [0.2, 0.25) is 5.02 Å². The summed E-state index contributed by atoms with van der Waals surface area (Å²) < 4.78 is 57.4. The van der Waals surface area contributed by atoms with Gasteiger partial charge < -0.3 is 15.0 Å². The third-order valence-corrected chi connectivity index (χ3v) is 10.5. The Labute approximate surface area is 216 Å². The van der Waals surface area contributed by atoms with E-state index >= 15 is 4.39 Å². The Balaban J connectivity index is 1.83. The fourth-order valence-electron chi connectivity index (χ4n) is 4.48. The van der Waals surface area contributed by atoms with Crippen LogP contribution in [0.4, 0.5) is 23.8 Å². The van der Waals surface area contributed by atoms with Gasteiger partial charge in [0.15, 0.2) is 0 Å². The second-order valence-corrected chi connectivity index (χ2v) is 13.0. The Hall–Kier alpha value is -2.94. The zero-order valence-corrected chi connectivity index (χ0v) is 21.4. The number of aliphatic imine (C=N–C) groups is 1. The fraction of sp³-hybridized carbons (Fsp3) is 0.409. The molecule has 5 N–H and O–H groups in total. The zero-order chi connectivity index (χ0) is 27.4. The molecule has 0 radical (unpaired) electrons. The van der Waals surface area contributed by atoms with Gasteiger partial charge in [0.25, 0.3) is 11.8 Å². The van der Waals surface area contributed by atoms with E-state index in [2.05, 4.69) is 30.3 Å². The van der Waals surface area contributed by atoms with Crippen molar-refractivity contribution in [3.8, 4) is 0 Å². The molecule has 1 fully saturated rings. The number of alkyl halides is 2. The van der Waals surface area contributed by atoms with Crippen molar-refractivity contribution in [1.82, 2.24) is 20.0 Å². The van der Waals surface area contributed by atoms with E-state index in [-0.39, 0.29) is 17.3 Å². The van der Waals surface area contributed by atoms with Gasteiger partial charge in [0.2, 0.25) is 0 Å². The van der Waals surface area contributed by atoms with Crippen molar-refractivity contribution in [3.63, 3.8) is 0 Å². The molecule has 0 spiro atoms. The molecule has 2 amide bonds. The van der Waals surface area contributed by atoms with Gasteiger partial charge in [-0.2, -0.15) is 0 Å². The van der Waals surface area contributed by atoms with Gasteiger partial charge in [-0.15, -0.1) is 0 Å². The predicted octanol–water partition coefficient (Wildman–Crippen LogP) is 4.38. The highest BCUT2D eigenvalue weighted by molar-refractivity contribution is 8.29. The summed E-state index contributed by atoms with van der Waals surface area (Å²) in [7, 11) is -3.28. The lowest BCUT2D eigenvalue weighted by Crippen LogP contribution is -2.66. The van der Waals surface area contributed by atoms with E-state index in [1.165, 1.54) is 39.1 Å². The van der Waals surface area contributed by atoms with E-state index in [4.69, 9.17) is 11.6 Å². The van der Waals surface area contributed by atoms with Crippen LogP contribution >= 0.6 is 22.1 Å². The van der Waals surface area contributed by atoms with Gasteiger partial charge in [-0.25, -0.2) is 27.9 Å². The van der Waals surface area contributed by atoms with Gasteiger partial charge in [0.05, 0.1) is 21.6 Å². The number of pyridine rings is 2. The Morgan fingerprint density at radius 2 is 1.89 bits per heavy atom. The fourth-order valence-corrected chi connectivity index (χ4v) is 8.00. The summed E-state index contributed by atoms with van der Waals surface area (Å²) in [5.74, 6) is -5.28. The molecule has 2 aromatic heterocycles. The molecule has 2 aliphatic rings. The monoisotopic (exact) mass is 560 g/mol. The first-order chi connectivity index (χ1) is 17.1. The van der Waals surface area contributed by atoms with Crippen molar-refractivity contribution in [2.24, 2.45) is 4.99 Å². The van der Waals surface area contributed by atoms with Crippen molar-refractivity contribution in [2.75, 3.05) is 11.9 Å². The standard InChI is InChI=1S/C22H24ClF3N6O4S/c1-20(2)18(31-19(34)35)32-21(3,14-8-22(25,26)10-28-37(14,20)36)16-12(24)5-7-15(29-16)30-17(33)13-6-4-11(23)9-27-13/h4-7,9,14,28,36H,8,10H2,1-3H3,(H,31,32)(H,34,35)(H,29,30,33)/t14-,21+/m1/s1. The van der Waals surface area contributed by atoms with Crippen molar-refractivity contribution in [2.45, 2.75) is 48.7 Å². The molecule has 1 saturated heterocycles. The maximum atomic E-state index is 15.3. The largest absolute Gasteiger partial charge is 0.465 e. The number of hydrogen-bond acceptors (Lipinski definition) is 7. The van der Waals surface area contributed by atoms with Gasteiger partial charge in [-0.1, -0.05) is 22.1 Å². The maximum absolute atomic E-state index is 15.3. The van der Waals surface area contributed by atoms with Gasteiger partial charge in [-0.3, -0.25) is 19.8 Å². The molecule has 4 rings (SSSR count). The minimum absolute atomic E-state index is 0.0105. The van der Waals surface area contributed by atoms with Gasteiger partial charge >= 0.3 is 6.09 Å².